The van der Waals surface area contributed by atoms with Crippen molar-refractivity contribution in [2.75, 3.05) is 0 Å². The molecule has 1 fully saturated rings. The summed E-state index contributed by atoms with van der Waals surface area (Å²) in [7, 11) is 0. The van der Waals surface area contributed by atoms with Crippen molar-refractivity contribution >= 4 is 29.9 Å². The van der Waals surface area contributed by atoms with E-state index in [1.54, 1.807) is 0 Å². The van der Waals surface area contributed by atoms with E-state index in [2.05, 4.69) is 6.92 Å². The molecular weight excluding hydrogens is 343 g/mol. The van der Waals surface area contributed by atoms with Gasteiger partial charge in [0.25, 0.3) is 5.91 Å². The monoisotopic (exact) mass is 364 g/mol. The number of nitrogens with two attached hydrogens (primary N) is 1. The zero-order valence-electron chi connectivity index (χ0n) is 13.6. The highest BCUT2D eigenvalue weighted by Crippen LogP contribution is 2.35. The molecule has 0 spiro atoms. The van der Waals surface area contributed by atoms with Gasteiger partial charge in [-0.15, -0.1) is 12.4 Å². The molecule has 1 atom stereocenters. The van der Waals surface area contributed by atoms with Gasteiger partial charge in [0.2, 0.25) is 0 Å². The van der Waals surface area contributed by atoms with Crippen LogP contribution in [-0.2, 0) is 6.54 Å². The molecule has 0 bridgehead atoms. The first-order valence-corrected chi connectivity index (χ1v) is 8.35. The number of nitrogens with zero attached hydrogens (tertiary/aromatic N) is 1. The zero-order chi connectivity index (χ0) is 16.4. The Labute approximate surface area is 154 Å². The molecule has 5 heteroatoms. The van der Waals surface area contributed by atoms with E-state index >= 15 is 0 Å². The lowest BCUT2D eigenvalue weighted by atomic mass is 10.0. The molecule has 3 nitrogen and oxygen atoms in total. The summed E-state index contributed by atoms with van der Waals surface area (Å²) in [5, 5.41) is 0.711. The number of carbonyl (C=O) groups is 1. The molecule has 1 unspecified atom stereocenters. The van der Waals surface area contributed by atoms with E-state index in [9.17, 15) is 4.79 Å². The molecule has 1 aliphatic carbocycles. The van der Waals surface area contributed by atoms with Crippen LogP contribution < -0.4 is 5.73 Å². The SMILES string of the molecule is CC(c1ccc(Cl)cc1)N(C(=O)c1ccc(CN)cc1)C1CC1.Cl. The normalized spacial score (nSPS) is 14.6. The summed E-state index contributed by atoms with van der Waals surface area (Å²) in [5.74, 6) is 0.0820. The van der Waals surface area contributed by atoms with Crippen molar-refractivity contribution in [2.24, 2.45) is 5.73 Å². The Balaban J connectivity index is 0.00000208. The molecule has 0 heterocycles. The van der Waals surface area contributed by atoms with Gasteiger partial charge >= 0.3 is 0 Å². The number of halogens is 2. The minimum atomic E-state index is 0. The fourth-order valence-corrected chi connectivity index (χ4v) is 2.97. The minimum absolute atomic E-state index is 0. The second-order valence-electron chi connectivity index (χ2n) is 6.07. The quantitative estimate of drug-likeness (QED) is 0.843. The molecule has 0 saturated heterocycles. The van der Waals surface area contributed by atoms with E-state index < -0.39 is 0 Å². The summed E-state index contributed by atoms with van der Waals surface area (Å²) in [6.45, 7) is 2.57. The highest BCUT2D eigenvalue weighted by atomic mass is 35.5. The topological polar surface area (TPSA) is 46.3 Å². The van der Waals surface area contributed by atoms with Gasteiger partial charge in [0.15, 0.2) is 0 Å². The summed E-state index contributed by atoms with van der Waals surface area (Å²) in [6.07, 6.45) is 2.15. The van der Waals surface area contributed by atoms with Gasteiger partial charge in [0, 0.05) is 23.2 Å². The molecular formula is C19H22Cl2N2O. The number of rotatable bonds is 5. The van der Waals surface area contributed by atoms with Crippen LogP contribution >= 0.6 is 24.0 Å². The minimum Gasteiger partial charge on any atom is -0.329 e. The average molecular weight is 365 g/mol. The second-order valence-corrected chi connectivity index (χ2v) is 6.51. The lowest BCUT2D eigenvalue weighted by Gasteiger charge is -2.30. The van der Waals surface area contributed by atoms with Crippen LogP contribution in [0.3, 0.4) is 0 Å². The van der Waals surface area contributed by atoms with Crippen LogP contribution in [0.1, 0.15) is 47.3 Å². The molecule has 24 heavy (non-hydrogen) atoms. The first kappa shape index (κ1) is 18.8. The third kappa shape index (κ3) is 4.10. The lowest BCUT2D eigenvalue weighted by molar-refractivity contribution is 0.0674. The molecule has 0 aromatic heterocycles. The third-order valence-corrected chi connectivity index (χ3v) is 4.63. The summed E-state index contributed by atoms with van der Waals surface area (Å²) in [5.41, 5.74) is 8.48. The molecule has 0 aliphatic heterocycles. The first-order valence-electron chi connectivity index (χ1n) is 7.97. The maximum absolute atomic E-state index is 13.0. The van der Waals surface area contributed by atoms with Crippen molar-refractivity contribution < 1.29 is 4.79 Å². The van der Waals surface area contributed by atoms with E-state index in [1.165, 1.54) is 0 Å². The predicted molar refractivity (Wildman–Crippen MR) is 101 cm³/mol. The van der Waals surface area contributed by atoms with Crippen LogP contribution in [0.5, 0.6) is 0 Å². The van der Waals surface area contributed by atoms with Crippen LogP contribution in [-0.4, -0.2) is 16.8 Å². The van der Waals surface area contributed by atoms with Crippen LogP contribution in [0.4, 0.5) is 0 Å². The smallest absolute Gasteiger partial charge is 0.254 e. The van der Waals surface area contributed by atoms with E-state index in [1.807, 2.05) is 53.4 Å². The summed E-state index contributed by atoms with van der Waals surface area (Å²) < 4.78 is 0. The molecule has 1 amide bonds. The van der Waals surface area contributed by atoms with Crippen LogP contribution in [0.15, 0.2) is 48.5 Å². The molecule has 2 aromatic rings. The highest BCUT2D eigenvalue weighted by Gasteiger charge is 2.36. The van der Waals surface area contributed by atoms with Crippen molar-refractivity contribution in [2.45, 2.75) is 38.4 Å². The number of benzene rings is 2. The van der Waals surface area contributed by atoms with Crippen LogP contribution in [0.2, 0.25) is 5.02 Å². The maximum Gasteiger partial charge on any atom is 0.254 e. The molecule has 0 radical (unpaired) electrons. The highest BCUT2D eigenvalue weighted by molar-refractivity contribution is 6.30. The second kappa shape index (κ2) is 8.02. The Kier molecular flexibility index (Phi) is 6.27. The first-order chi connectivity index (χ1) is 11.1. The van der Waals surface area contributed by atoms with E-state index in [0.717, 1.165) is 29.5 Å². The lowest BCUT2D eigenvalue weighted by Crippen LogP contribution is -2.35. The Morgan fingerprint density at radius 1 is 1.17 bits per heavy atom. The van der Waals surface area contributed by atoms with Crippen LogP contribution in [0.25, 0.3) is 0 Å². The molecule has 2 N–H and O–H groups in total. The van der Waals surface area contributed by atoms with Gasteiger partial charge in [0.05, 0.1) is 6.04 Å². The standard InChI is InChI=1S/C19H21ClN2O.ClH/c1-13(15-6-8-17(20)9-7-15)22(18-10-11-18)19(23)16-4-2-14(12-21)3-5-16;/h2-9,13,18H,10-12,21H2,1H3;1H. The molecule has 1 saturated carbocycles. The van der Waals surface area contributed by atoms with Gasteiger partial charge in [-0.25, -0.2) is 0 Å². The van der Waals surface area contributed by atoms with Gasteiger partial charge in [-0.3, -0.25) is 4.79 Å². The van der Waals surface area contributed by atoms with E-state index in [4.69, 9.17) is 17.3 Å². The van der Waals surface area contributed by atoms with E-state index in [0.29, 0.717) is 17.6 Å². The predicted octanol–water partition coefficient (Wildman–Crippen LogP) is 4.59. The summed E-state index contributed by atoms with van der Waals surface area (Å²) >= 11 is 5.97. The number of amides is 1. The van der Waals surface area contributed by atoms with Gasteiger partial charge in [0.1, 0.15) is 0 Å². The Morgan fingerprint density at radius 2 is 1.75 bits per heavy atom. The Hall–Kier alpha value is -1.55. The van der Waals surface area contributed by atoms with Gasteiger partial charge in [-0.1, -0.05) is 35.9 Å². The average Bonchev–Trinajstić information content (AvgIpc) is 3.40. The number of carbonyl (C=O) groups excluding carboxylic acids is 1. The summed E-state index contributed by atoms with van der Waals surface area (Å²) in [6, 6.07) is 15.7. The van der Waals surface area contributed by atoms with E-state index in [-0.39, 0.29) is 24.4 Å². The van der Waals surface area contributed by atoms with Crippen molar-refractivity contribution in [1.82, 2.24) is 4.90 Å². The third-order valence-electron chi connectivity index (χ3n) is 4.38. The zero-order valence-corrected chi connectivity index (χ0v) is 15.2. The van der Waals surface area contributed by atoms with Gasteiger partial charge in [-0.2, -0.15) is 0 Å². The van der Waals surface area contributed by atoms with Crippen molar-refractivity contribution in [1.29, 1.82) is 0 Å². The molecule has 128 valence electrons. The fourth-order valence-electron chi connectivity index (χ4n) is 2.85. The Bertz CT molecular complexity index is 682. The van der Waals surface area contributed by atoms with Gasteiger partial charge < -0.3 is 10.6 Å². The molecule has 2 aromatic carbocycles. The maximum atomic E-state index is 13.0. The van der Waals surface area contributed by atoms with Gasteiger partial charge in [-0.05, 0) is 55.2 Å². The number of hydrogen-bond acceptors (Lipinski definition) is 2. The Morgan fingerprint density at radius 3 is 2.25 bits per heavy atom. The summed E-state index contributed by atoms with van der Waals surface area (Å²) in [4.78, 5) is 15.0. The van der Waals surface area contributed by atoms with Crippen LogP contribution in [0, 0.1) is 0 Å². The number of hydrogen-bond donors (Lipinski definition) is 1. The largest absolute Gasteiger partial charge is 0.329 e. The fraction of sp³-hybridized carbons (Fsp3) is 0.316. The molecule has 3 rings (SSSR count). The van der Waals surface area contributed by atoms with Crippen molar-refractivity contribution in [3.63, 3.8) is 0 Å². The molecule has 1 aliphatic rings. The van der Waals surface area contributed by atoms with Crippen molar-refractivity contribution in [3.05, 3.63) is 70.2 Å². The van der Waals surface area contributed by atoms with Crippen molar-refractivity contribution in [3.8, 4) is 0 Å².